The van der Waals surface area contributed by atoms with Gasteiger partial charge in [-0.1, -0.05) is 6.92 Å². The van der Waals surface area contributed by atoms with Crippen molar-refractivity contribution < 1.29 is 18.4 Å². The van der Waals surface area contributed by atoms with Crippen LogP contribution in [0.2, 0.25) is 0 Å². The largest absolute Gasteiger partial charge is 0.366 e. The number of pyridine rings is 1. The lowest BCUT2D eigenvalue weighted by molar-refractivity contribution is 0.0973. The Labute approximate surface area is 215 Å². The van der Waals surface area contributed by atoms with Crippen molar-refractivity contribution in [3.05, 3.63) is 93.0 Å². The van der Waals surface area contributed by atoms with Crippen LogP contribution in [0.25, 0.3) is 22.0 Å². The van der Waals surface area contributed by atoms with Crippen LogP contribution in [0.1, 0.15) is 51.7 Å². The maximum absolute atomic E-state index is 15.1. The number of nitrogens with two attached hydrogens (primary N) is 1. The highest BCUT2D eigenvalue weighted by atomic mass is 32.2. The SMILES string of the molecule is CCc1cc2c(-c3ccc[nH]c3=O)c(C(=O)NSC3CC3)n(Cc3cc(C(N)=O)ccc3F)c2cc1F. The number of aryl methyl sites for hydroxylation is 1. The van der Waals surface area contributed by atoms with Crippen LogP contribution in [0.15, 0.2) is 53.5 Å². The molecule has 0 atom stereocenters. The minimum atomic E-state index is -0.729. The van der Waals surface area contributed by atoms with Gasteiger partial charge < -0.3 is 15.3 Å². The van der Waals surface area contributed by atoms with Crippen LogP contribution in [-0.2, 0) is 13.0 Å². The molecule has 4 N–H and O–H groups in total. The molecule has 0 aliphatic heterocycles. The summed E-state index contributed by atoms with van der Waals surface area (Å²) in [5.74, 6) is -2.31. The van der Waals surface area contributed by atoms with Gasteiger partial charge in [0.25, 0.3) is 11.5 Å². The Kier molecular flexibility index (Phi) is 6.59. The molecule has 0 radical (unpaired) electrons. The van der Waals surface area contributed by atoms with Crippen molar-refractivity contribution >= 4 is 34.7 Å². The number of fused-ring (bicyclic) bond motifs is 1. The van der Waals surface area contributed by atoms with E-state index in [0.29, 0.717) is 33.7 Å². The van der Waals surface area contributed by atoms with Gasteiger partial charge in [-0.2, -0.15) is 0 Å². The van der Waals surface area contributed by atoms with Gasteiger partial charge in [-0.05, 0) is 79.2 Å². The van der Waals surface area contributed by atoms with E-state index >= 15 is 4.39 Å². The first-order valence-electron chi connectivity index (χ1n) is 11.8. The average Bonchev–Trinajstić information content (AvgIpc) is 3.66. The van der Waals surface area contributed by atoms with E-state index < -0.39 is 29.0 Å². The monoisotopic (exact) mass is 522 g/mol. The van der Waals surface area contributed by atoms with Crippen molar-refractivity contribution in [3.63, 3.8) is 0 Å². The summed E-state index contributed by atoms with van der Waals surface area (Å²) >= 11 is 1.29. The fourth-order valence-corrected chi connectivity index (χ4v) is 5.11. The van der Waals surface area contributed by atoms with E-state index in [-0.39, 0.29) is 28.9 Å². The number of amides is 2. The predicted molar refractivity (Wildman–Crippen MR) is 139 cm³/mol. The van der Waals surface area contributed by atoms with Gasteiger partial charge in [-0.3, -0.25) is 19.1 Å². The Bertz CT molecular complexity index is 1610. The van der Waals surface area contributed by atoms with Gasteiger partial charge in [0, 0.05) is 39.1 Å². The van der Waals surface area contributed by atoms with Crippen LogP contribution in [0.4, 0.5) is 8.78 Å². The van der Waals surface area contributed by atoms with Crippen molar-refractivity contribution in [2.75, 3.05) is 0 Å². The van der Waals surface area contributed by atoms with Crippen LogP contribution in [0.3, 0.4) is 0 Å². The third-order valence-electron chi connectivity index (χ3n) is 6.42. The topological polar surface area (TPSA) is 110 Å². The molecular formula is C27H24F2N4O3S. The van der Waals surface area contributed by atoms with Gasteiger partial charge in [0.1, 0.15) is 17.3 Å². The molecule has 1 aliphatic carbocycles. The molecule has 2 aromatic heterocycles. The van der Waals surface area contributed by atoms with Gasteiger partial charge >= 0.3 is 0 Å². The van der Waals surface area contributed by atoms with Crippen LogP contribution >= 0.6 is 11.9 Å². The van der Waals surface area contributed by atoms with Crippen molar-refractivity contribution in [1.29, 1.82) is 0 Å². The molecule has 2 aromatic carbocycles. The van der Waals surface area contributed by atoms with Crippen LogP contribution in [-0.4, -0.2) is 26.6 Å². The van der Waals surface area contributed by atoms with E-state index in [1.165, 1.54) is 40.9 Å². The number of carbonyl (C=O) groups excluding carboxylic acids is 2. The number of hydrogen-bond acceptors (Lipinski definition) is 4. The fourth-order valence-electron chi connectivity index (χ4n) is 4.37. The van der Waals surface area contributed by atoms with Crippen molar-refractivity contribution in [1.82, 2.24) is 14.3 Å². The summed E-state index contributed by atoms with van der Waals surface area (Å²) in [6.45, 7) is 1.61. The molecule has 2 amide bonds. The van der Waals surface area contributed by atoms with E-state index in [1.54, 1.807) is 25.1 Å². The zero-order chi connectivity index (χ0) is 26.3. The number of primary amides is 1. The van der Waals surface area contributed by atoms with Crippen LogP contribution in [0, 0.1) is 11.6 Å². The Balaban J connectivity index is 1.80. The maximum Gasteiger partial charge on any atom is 0.278 e. The highest BCUT2D eigenvalue weighted by Gasteiger charge is 2.29. The first-order chi connectivity index (χ1) is 17.8. The number of aromatic nitrogens is 2. The molecule has 7 nitrogen and oxygen atoms in total. The smallest absolute Gasteiger partial charge is 0.278 e. The Morgan fingerprint density at radius 1 is 1.14 bits per heavy atom. The maximum atomic E-state index is 15.1. The number of H-pyrrole nitrogens is 1. The lowest BCUT2D eigenvalue weighted by Gasteiger charge is -2.14. The summed E-state index contributed by atoms with van der Waals surface area (Å²) in [5.41, 5.74) is 6.54. The molecule has 1 fully saturated rings. The number of carbonyl (C=O) groups is 2. The lowest BCUT2D eigenvalue weighted by Crippen LogP contribution is -2.23. The number of halogens is 2. The predicted octanol–water partition coefficient (Wildman–Crippen LogP) is 4.52. The molecule has 5 rings (SSSR count). The van der Waals surface area contributed by atoms with Crippen molar-refractivity contribution in [2.24, 2.45) is 5.73 Å². The molecule has 4 aromatic rings. The summed E-state index contributed by atoms with van der Waals surface area (Å²) < 4.78 is 34.3. The normalized spacial score (nSPS) is 13.2. The minimum Gasteiger partial charge on any atom is -0.366 e. The highest BCUT2D eigenvalue weighted by molar-refractivity contribution is 7.98. The summed E-state index contributed by atoms with van der Waals surface area (Å²) in [6, 6.07) is 9.88. The quantitative estimate of drug-likeness (QED) is 0.296. The second kappa shape index (κ2) is 9.85. The molecule has 0 unspecified atom stereocenters. The summed E-state index contributed by atoms with van der Waals surface area (Å²) in [6.07, 6.45) is 3.84. The zero-order valence-corrected chi connectivity index (χ0v) is 20.8. The lowest BCUT2D eigenvalue weighted by atomic mass is 10.0. The number of rotatable bonds is 8. The molecule has 190 valence electrons. The molecule has 1 saturated carbocycles. The Hall–Kier alpha value is -3.92. The van der Waals surface area contributed by atoms with Crippen LogP contribution < -0.4 is 16.0 Å². The molecule has 0 saturated heterocycles. The third kappa shape index (κ3) is 4.76. The third-order valence-corrected chi connectivity index (χ3v) is 7.52. The van der Waals surface area contributed by atoms with E-state index in [1.807, 2.05) is 0 Å². The molecule has 0 spiro atoms. The average molecular weight is 523 g/mol. The summed E-state index contributed by atoms with van der Waals surface area (Å²) in [5, 5.41) is 0.794. The molecule has 1 aliphatic rings. The molecule has 0 bridgehead atoms. The standard InChI is InChI=1S/C27H24F2N4O3S/c1-2-14-11-19-22(12-21(14)29)33(13-16-10-15(25(30)34)5-8-20(16)28)24(27(36)32-37-17-6-7-17)23(19)18-4-3-9-31-26(18)35/h3-5,8-12,17H,2,6-7,13H2,1H3,(H2,30,34)(H,31,35)(H,32,36). The van der Waals surface area contributed by atoms with Crippen LogP contribution in [0.5, 0.6) is 0 Å². The van der Waals surface area contributed by atoms with Crippen molar-refractivity contribution in [2.45, 2.75) is 38.0 Å². The van der Waals surface area contributed by atoms with E-state index in [0.717, 1.165) is 18.9 Å². The van der Waals surface area contributed by atoms with E-state index in [9.17, 15) is 18.8 Å². The fraction of sp³-hybridized carbons (Fsp3) is 0.222. The summed E-state index contributed by atoms with van der Waals surface area (Å²) in [4.78, 5) is 40.9. The molecule has 10 heteroatoms. The highest BCUT2D eigenvalue weighted by Crippen LogP contribution is 2.37. The minimum absolute atomic E-state index is 0.0885. The first kappa shape index (κ1) is 24.8. The number of hydrogen-bond donors (Lipinski definition) is 3. The number of nitrogens with zero attached hydrogens (tertiary/aromatic N) is 1. The van der Waals surface area contributed by atoms with Gasteiger partial charge in [-0.15, -0.1) is 0 Å². The second-order valence-electron chi connectivity index (χ2n) is 8.96. The van der Waals surface area contributed by atoms with Gasteiger partial charge in [0.05, 0.1) is 12.1 Å². The second-order valence-corrected chi connectivity index (χ2v) is 10.1. The molecule has 2 heterocycles. The Morgan fingerprint density at radius 3 is 2.59 bits per heavy atom. The first-order valence-corrected chi connectivity index (χ1v) is 12.7. The van der Waals surface area contributed by atoms with E-state index in [4.69, 9.17) is 5.73 Å². The summed E-state index contributed by atoms with van der Waals surface area (Å²) in [7, 11) is 0. The van der Waals surface area contributed by atoms with Gasteiger partial charge in [0.15, 0.2) is 0 Å². The van der Waals surface area contributed by atoms with Gasteiger partial charge in [-0.25, -0.2) is 8.78 Å². The number of benzene rings is 2. The van der Waals surface area contributed by atoms with Gasteiger partial charge in [0.2, 0.25) is 5.91 Å². The number of aromatic amines is 1. The Morgan fingerprint density at radius 2 is 1.92 bits per heavy atom. The molecular weight excluding hydrogens is 498 g/mol. The number of nitrogens with one attached hydrogen (secondary N) is 2. The van der Waals surface area contributed by atoms with Crippen molar-refractivity contribution in [3.8, 4) is 11.1 Å². The zero-order valence-electron chi connectivity index (χ0n) is 19.9. The molecule has 37 heavy (non-hydrogen) atoms. The van der Waals surface area contributed by atoms with E-state index in [2.05, 4.69) is 9.71 Å².